The van der Waals surface area contributed by atoms with E-state index >= 15 is 0 Å². The lowest BCUT2D eigenvalue weighted by molar-refractivity contribution is -0.122. The molecule has 1 aliphatic heterocycles. The fourth-order valence-corrected chi connectivity index (χ4v) is 3.57. The number of nitrogens with zero attached hydrogens (tertiary/aromatic N) is 2. The lowest BCUT2D eigenvalue weighted by Gasteiger charge is -2.27. The van der Waals surface area contributed by atoms with E-state index in [1.54, 1.807) is 37.4 Å². The van der Waals surface area contributed by atoms with E-state index in [-0.39, 0.29) is 11.5 Å². The lowest BCUT2D eigenvalue weighted by Crippen LogP contribution is -2.54. The molecule has 0 bridgehead atoms. The monoisotopic (exact) mass is 401 g/mol. The second-order valence-corrected chi connectivity index (χ2v) is 7.24. The van der Waals surface area contributed by atoms with Crippen molar-refractivity contribution >= 4 is 46.4 Å². The number of fused-ring (bicyclic) bond motifs is 1. The number of para-hydroxylation sites is 1. The Kier molecular flexibility index (Phi) is 4.58. The SMILES string of the molecule is CC(=O)n1cc(C=C2C(=O)NC(=O)N(c3cc(C)ccc3C)C2=O)c2ccccc21. The smallest absolute Gasteiger partial charge is 0.287 e. The molecule has 0 unspecified atom stereocenters. The summed E-state index contributed by atoms with van der Waals surface area (Å²) >= 11 is 0. The van der Waals surface area contributed by atoms with E-state index in [4.69, 9.17) is 0 Å². The van der Waals surface area contributed by atoms with Crippen molar-refractivity contribution in [2.75, 3.05) is 4.90 Å². The molecule has 0 radical (unpaired) electrons. The molecule has 1 N–H and O–H groups in total. The Morgan fingerprint density at radius 2 is 1.77 bits per heavy atom. The second-order valence-electron chi connectivity index (χ2n) is 7.24. The maximum absolute atomic E-state index is 13.2. The highest BCUT2D eigenvalue weighted by atomic mass is 16.2. The predicted octanol–water partition coefficient (Wildman–Crippen LogP) is 3.58. The highest BCUT2D eigenvalue weighted by Gasteiger charge is 2.37. The van der Waals surface area contributed by atoms with Gasteiger partial charge in [-0.15, -0.1) is 0 Å². The molecule has 1 aliphatic rings. The number of hydrogen-bond donors (Lipinski definition) is 1. The number of imide groups is 2. The highest BCUT2D eigenvalue weighted by Crippen LogP contribution is 2.28. The second kappa shape index (κ2) is 7.11. The molecular formula is C23H19N3O4. The molecule has 0 atom stereocenters. The Bertz CT molecular complexity index is 1280. The van der Waals surface area contributed by atoms with E-state index in [0.29, 0.717) is 16.8 Å². The minimum Gasteiger partial charge on any atom is -0.287 e. The molecule has 7 heteroatoms. The Morgan fingerprint density at radius 1 is 1.03 bits per heavy atom. The highest BCUT2D eigenvalue weighted by molar-refractivity contribution is 6.39. The minimum absolute atomic E-state index is 0.179. The van der Waals surface area contributed by atoms with Gasteiger partial charge in [-0.1, -0.05) is 30.3 Å². The summed E-state index contributed by atoms with van der Waals surface area (Å²) in [5.41, 5.74) is 3.05. The standard InChI is InChI=1S/C23H19N3O4/c1-13-8-9-14(2)20(10-13)26-22(29)18(21(28)24-23(26)30)11-16-12-25(15(3)27)19-7-5-4-6-17(16)19/h4-12H,1-3H3,(H,24,28,30). The zero-order valence-corrected chi connectivity index (χ0v) is 16.7. The summed E-state index contributed by atoms with van der Waals surface area (Å²) in [6, 6.07) is 11.8. The summed E-state index contributed by atoms with van der Waals surface area (Å²) in [6.45, 7) is 5.08. The molecule has 4 rings (SSSR count). The first-order valence-electron chi connectivity index (χ1n) is 9.37. The number of carbonyl (C=O) groups is 4. The van der Waals surface area contributed by atoms with Crippen LogP contribution >= 0.6 is 0 Å². The van der Waals surface area contributed by atoms with E-state index in [9.17, 15) is 19.2 Å². The normalized spacial score (nSPS) is 15.8. The average molecular weight is 401 g/mol. The topological polar surface area (TPSA) is 88.5 Å². The molecule has 1 fully saturated rings. The largest absolute Gasteiger partial charge is 0.335 e. The van der Waals surface area contributed by atoms with Gasteiger partial charge in [0.25, 0.3) is 11.8 Å². The van der Waals surface area contributed by atoms with Crippen LogP contribution in [0.1, 0.15) is 28.4 Å². The van der Waals surface area contributed by atoms with Gasteiger partial charge in [-0.3, -0.25) is 24.3 Å². The van der Waals surface area contributed by atoms with Crippen LogP contribution in [0, 0.1) is 13.8 Å². The predicted molar refractivity (Wildman–Crippen MR) is 113 cm³/mol. The van der Waals surface area contributed by atoms with Crippen molar-refractivity contribution < 1.29 is 19.2 Å². The molecule has 1 saturated heterocycles. The average Bonchev–Trinajstić information content (AvgIpc) is 3.06. The number of hydrogen-bond acceptors (Lipinski definition) is 4. The van der Waals surface area contributed by atoms with E-state index < -0.39 is 17.8 Å². The van der Waals surface area contributed by atoms with Gasteiger partial charge in [0.2, 0.25) is 5.91 Å². The number of nitrogens with one attached hydrogen (secondary N) is 1. The Labute approximate surface area is 172 Å². The Balaban J connectivity index is 1.86. The molecule has 0 aliphatic carbocycles. The van der Waals surface area contributed by atoms with Crippen LogP contribution in [0.2, 0.25) is 0 Å². The minimum atomic E-state index is -0.790. The molecule has 4 amide bonds. The first-order valence-corrected chi connectivity index (χ1v) is 9.37. The van der Waals surface area contributed by atoms with Crippen molar-refractivity contribution in [2.45, 2.75) is 20.8 Å². The number of barbiturate groups is 1. The van der Waals surface area contributed by atoms with Crippen molar-refractivity contribution in [3.05, 3.63) is 70.9 Å². The quantitative estimate of drug-likeness (QED) is 0.525. The third kappa shape index (κ3) is 3.10. The third-order valence-corrected chi connectivity index (χ3v) is 5.09. The van der Waals surface area contributed by atoms with Gasteiger partial charge in [0.05, 0.1) is 11.2 Å². The summed E-state index contributed by atoms with van der Waals surface area (Å²) in [5.74, 6) is -1.68. The first kappa shape index (κ1) is 19.3. The number of amides is 4. The number of aromatic nitrogens is 1. The molecule has 1 aromatic heterocycles. The van der Waals surface area contributed by atoms with Crippen LogP contribution in [-0.4, -0.2) is 28.3 Å². The number of aryl methyl sites for hydroxylation is 2. The maximum Gasteiger partial charge on any atom is 0.335 e. The molecule has 3 aromatic rings. The fourth-order valence-electron chi connectivity index (χ4n) is 3.57. The summed E-state index contributed by atoms with van der Waals surface area (Å²) in [6.07, 6.45) is 3.00. The van der Waals surface area contributed by atoms with Gasteiger partial charge in [-0.2, -0.15) is 0 Å². The lowest BCUT2D eigenvalue weighted by atomic mass is 10.0. The van der Waals surface area contributed by atoms with Gasteiger partial charge >= 0.3 is 6.03 Å². The van der Waals surface area contributed by atoms with Crippen molar-refractivity contribution in [3.8, 4) is 0 Å². The van der Waals surface area contributed by atoms with E-state index in [1.165, 1.54) is 17.6 Å². The van der Waals surface area contributed by atoms with Crippen molar-refractivity contribution in [2.24, 2.45) is 0 Å². The zero-order valence-electron chi connectivity index (χ0n) is 16.7. The zero-order chi connectivity index (χ0) is 21.6. The van der Waals surface area contributed by atoms with Crippen LogP contribution in [-0.2, 0) is 9.59 Å². The van der Waals surface area contributed by atoms with E-state index in [0.717, 1.165) is 21.4 Å². The van der Waals surface area contributed by atoms with E-state index in [2.05, 4.69) is 5.32 Å². The van der Waals surface area contributed by atoms with Gasteiger partial charge in [0, 0.05) is 24.1 Å². The summed E-state index contributed by atoms with van der Waals surface area (Å²) < 4.78 is 1.46. The Morgan fingerprint density at radius 3 is 2.50 bits per heavy atom. The van der Waals surface area contributed by atoms with Crippen LogP contribution in [0.5, 0.6) is 0 Å². The maximum atomic E-state index is 13.2. The first-order chi connectivity index (χ1) is 14.3. The third-order valence-electron chi connectivity index (χ3n) is 5.09. The molecule has 0 spiro atoms. The van der Waals surface area contributed by atoms with Crippen molar-refractivity contribution in [1.29, 1.82) is 0 Å². The van der Waals surface area contributed by atoms with Gasteiger partial charge in [-0.05, 0) is 43.2 Å². The van der Waals surface area contributed by atoms with Crippen LogP contribution in [0.25, 0.3) is 17.0 Å². The molecular weight excluding hydrogens is 382 g/mol. The van der Waals surface area contributed by atoms with Gasteiger partial charge in [0.15, 0.2) is 0 Å². The number of rotatable bonds is 2. The van der Waals surface area contributed by atoms with Gasteiger partial charge in [-0.25, -0.2) is 9.69 Å². The van der Waals surface area contributed by atoms with Crippen molar-refractivity contribution in [1.82, 2.24) is 9.88 Å². The molecule has 2 heterocycles. The fraction of sp³-hybridized carbons (Fsp3) is 0.130. The van der Waals surface area contributed by atoms with Gasteiger partial charge < -0.3 is 0 Å². The van der Waals surface area contributed by atoms with E-state index in [1.807, 2.05) is 25.1 Å². The number of benzene rings is 2. The molecule has 150 valence electrons. The molecule has 0 saturated carbocycles. The number of anilines is 1. The number of carbonyl (C=O) groups excluding carboxylic acids is 4. The Hall–Kier alpha value is -4.00. The van der Waals surface area contributed by atoms with Gasteiger partial charge in [0.1, 0.15) is 5.57 Å². The molecule has 2 aromatic carbocycles. The molecule has 7 nitrogen and oxygen atoms in total. The molecule has 30 heavy (non-hydrogen) atoms. The van der Waals surface area contributed by atoms with Crippen LogP contribution < -0.4 is 10.2 Å². The summed E-state index contributed by atoms with van der Waals surface area (Å²) in [7, 11) is 0. The van der Waals surface area contributed by atoms with Crippen LogP contribution in [0.4, 0.5) is 10.5 Å². The van der Waals surface area contributed by atoms with Crippen LogP contribution in [0.15, 0.2) is 54.2 Å². The summed E-state index contributed by atoms with van der Waals surface area (Å²) in [4.78, 5) is 51.1. The van der Waals surface area contributed by atoms with Crippen LogP contribution in [0.3, 0.4) is 0 Å². The van der Waals surface area contributed by atoms with Crippen molar-refractivity contribution in [3.63, 3.8) is 0 Å². The summed E-state index contributed by atoms with van der Waals surface area (Å²) in [5, 5.41) is 2.96. The number of urea groups is 1.